The Labute approximate surface area is 115 Å². The molecule has 0 atom stereocenters. The molecule has 2 heteroatoms. The maximum atomic E-state index is 4.98. The van der Waals surface area contributed by atoms with Crippen LogP contribution in [0.25, 0.3) is 10.9 Å². The van der Waals surface area contributed by atoms with E-state index in [0.29, 0.717) is 0 Å². The highest BCUT2D eigenvalue weighted by Crippen LogP contribution is 2.35. The first kappa shape index (κ1) is 12.5. The molecule has 0 saturated carbocycles. The van der Waals surface area contributed by atoms with E-state index in [1.165, 1.54) is 58.2 Å². The molecule has 0 fully saturated rings. The van der Waals surface area contributed by atoms with E-state index in [0.717, 1.165) is 13.0 Å². The van der Waals surface area contributed by atoms with Crippen molar-refractivity contribution in [3.05, 3.63) is 34.5 Å². The first-order chi connectivity index (χ1) is 9.22. The van der Waals surface area contributed by atoms with Crippen LogP contribution in [-0.2, 0) is 12.8 Å². The van der Waals surface area contributed by atoms with Gasteiger partial charge in [-0.05, 0) is 63.1 Å². The highest BCUT2D eigenvalue weighted by atomic mass is 14.9. The molecular weight excluding hydrogens is 232 g/mol. The van der Waals surface area contributed by atoms with Gasteiger partial charge in [0.1, 0.15) is 0 Å². The van der Waals surface area contributed by atoms with Gasteiger partial charge in [-0.25, -0.2) is 0 Å². The molecule has 0 saturated heterocycles. The summed E-state index contributed by atoms with van der Waals surface area (Å²) in [6.45, 7) is 7.50. The average molecular weight is 254 g/mol. The Morgan fingerprint density at radius 1 is 1.16 bits per heavy atom. The van der Waals surface area contributed by atoms with Gasteiger partial charge in [-0.3, -0.25) is 4.98 Å². The summed E-state index contributed by atoms with van der Waals surface area (Å²) < 4.78 is 0. The molecule has 1 heterocycles. The van der Waals surface area contributed by atoms with Crippen molar-refractivity contribution in [2.75, 3.05) is 11.9 Å². The van der Waals surface area contributed by atoms with Crippen LogP contribution in [-0.4, -0.2) is 11.5 Å². The predicted molar refractivity (Wildman–Crippen MR) is 82.0 cm³/mol. The van der Waals surface area contributed by atoms with E-state index in [2.05, 4.69) is 38.2 Å². The fourth-order valence-corrected chi connectivity index (χ4v) is 3.11. The number of nitrogens with one attached hydrogen (secondary N) is 1. The van der Waals surface area contributed by atoms with E-state index in [-0.39, 0.29) is 0 Å². The first-order valence-electron chi connectivity index (χ1n) is 7.38. The lowest BCUT2D eigenvalue weighted by Gasteiger charge is -2.22. The van der Waals surface area contributed by atoms with Crippen LogP contribution in [0.4, 0.5) is 5.69 Å². The molecule has 0 aliphatic heterocycles. The molecule has 1 N–H and O–H groups in total. The molecule has 3 rings (SSSR count). The minimum Gasteiger partial charge on any atom is -0.384 e. The highest BCUT2D eigenvalue weighted by molar-refractivity contribution is 5.95. The average Bonchev–Trinajstić information content (AvgIpc) is 2.43. The van der Waals surface area contributed by atoms with Crippen molar-refractivity contribution in [2.24, 2.45) is 0 Å². The van der Waals surface area contributed by atoms with E-state index in [1.54, 1.807) is 0 Å². The Morgan fingerprint density at radius 2 is 1.95 bits per heavy atom. The van der Waals surface area contributed by atoms with E-state index in [1.807, 2.05) is 0 Å². The van der Waals surface area contributed by atoms with Crippen LogP contribution in [0.3, 0.4) is 0 Å². The summed E-state index contributed by atoms with van der Waals surface area (Å²) in [5.74, 6) is 0. The number of hydrogen-bond acceptors (Lipinski definition) is 2. The summed E-state index contributed by atoms with van der Waals surface area (Å²) in [7, 11) is 0. The molecule has 19 heavy (non-hydrogen) atoms. The molecule has 1 aliphatic carbocycles. The van der Waals surface area contributed by atoms with Crippen LogP contribution < -0.4 is 5.32 Å². The number of fused-ring (bicyclic) bond motifs is 2. The second kappa shape index (κ2) is 4.84. The zero-order chi connectivity index (χ0) is 13.4. The van der Waals surface area contributed by atoms with Gasteiger partial charge in [-0.15, -0.1) is 0 Å². The van der Waals surface area contributed by atoms with Gasteiger partial charge in [0.15, 0.2) is 0 Å². The quantitative estimate of drug-likeness (QED) is 0.870. The maximum Gasteiger partial charge on any atom is 0.0758 e. The molecule has 0 radical (unpaired) electrons. The molecule has 0 amide bonds. The first-order valence-corrected chi connectivity index (χ1v) is 7.38. The number of aromatic nitrogens is 1. The molecule has 2 aromatic rings. The lowest BCUT2D eigenvalue weighted by Crippen LogP contribution is -2.11. The lowest BCUT2D eigenvalue weighted by molar-refractivity contribution is 0.672. The van der Waals surface area contributed by atoms with E-state index < -0.39 is 0 Å². The molecule has 2 nitrogen and oxygen atoms in total. The van der Waals surface area contributed by atoms with Crippen LogP contribution in [0, 0.1) is 13.8 Å². The molecule has 1 aromatic heterocycles. The van der Waals surface area contributed by atoms with Crippen molar-refractivity contribution in [3.8, 4) is 0 Å². The lowest BCUT2D eigenvalue weighted by atomic mass is 9.91. The normalized spacial score (nSPS) is 14.5. The zero-order valence-corrected chi connectivity index (χ0v) is 12.1. The molecule has 0 unspecified atom stereocenters. The van der Waals surface area contributed by atoms with Gasteiger partial charge < -0.3 is 5.32 Å². The highest BCUT2D eigenvalue weighted by Gasteiger charge is 2.18. The Kier molecular flexibility index (Phi) is 3.17. The molecule has 0 bridgehead atoms. The fourth-order valence-electron chi connectivity index (χ4n) is 3.11. The third-order valence-corrected chi connectivity index (χ3v) is 4.31. The van der Waals surface area contributed by atoms with E-state index in [4.69, 9.17) is 4.98 Å². The number of anilines is 1. The summed E-state index contributed by atoms with van der Waals surface area (Å²) in [4.78, 5) is 4.98. The maximum absolute atomic E-state index is 4.98. The summed E-state index contributed by atoms with van der Waals surface area (Å²) in [6.07, 6.45) is 4.88. The third kappa shape index (κ3) is 1.99. The van der Waals surface area contributed by atoms with Gasteiger partial charge in [0.2, 0.25) is 0 Å². The minimum absolute atomic E-state index is 0.971. The van der Waals surface area contributed by atoms with Crippen LogP contribution in [0.2, 0.25) is 0 Å². The van der Waals surface area contributed by atoms with Crippen molar-refractivity contribution in [1.29, 1.82) is 0 Å². The zero-order valence-electron chi connectivity index (χ0n) is 12.1. The summed E-state index contributed by atoms with van der Waals surface area (Å²) in [5.41, 5.74) is 7.97. The van der Waals surface area contributed by atoms with Gasteiger partial charge in [0.05, 0.1) is 5.52 Å². The minimum atomic E-state index is 0.971. The Balaban J connectivity index is 2.35. The van der Waals surface area contributed by atoms with Crippen molar-refractivity contribution >= 4 is 16.6 Å². The number of aryl methyl sites for hydroxylation is 3. The Bertz CT molecular complexity index is 629. The number of benzene rings is 1. The van der Waals surface area contributed by atoms with Crippen molar-refractivity contribution in [3.63, 3.8) is 0 Å². The Morgan fingerprint density at radius 3 is 2.74 bits per heavy atom. The topological polar surface area (TPSA) is 24.9 Å². The van der Waals surface area contributed by atoms with Gasteiger partial charge in [-0.2, -0.15) is 0 Å². The third-order valence-electron chi connectivity index (χ3n) is 4.31. The Hall–Kier alpha value is -1.57. The van der Waals surface area contributed by atoms with Crippen LogP contribution in [0.1, 0.15) is 42.1 Å². The molecule has 0 spiro atoms. The van der Waals surface area contributed by atoms with Crippen molar-refractivity contribution in [2.45, 2.75) is 46.5 Å². The smallest absolute Gasteiger partial charge is 0.0758 e. The van der Waals surface area contributed by atoms with Crippen LogP contribution in [0.5, 0.6) is 0 Å². The van der Waals surface area contributed by atoms with Crippen molar-refractivity contribution < 1.29 is 0 Å². The predicted octanol–water partition coefficient (Wildman–Crippen LogP) is 4.16. The summed E-state index contributed by atoms with van der Waals surface area (Å²) in [6, 6.07) is 4.45. The molecule has 1 aromatic carbocycles. The summed E-state index contributed by atoms with van der Waals surface area (Å²) in [5, 5.41) is 4.88. The van der Waals surface area contributed by atoms with E-state index >= 15 is 0 Å². The monoisotopic (exact) mass is 254 g/mol. The van der Waals surface area contributed by atoms with Crippen molar-refractivity contribution in [1.82, 2.24) is 4.98 Å². The fraction of sp³-hybridized carbons (Fsp3) is 0.471. The molecule has 1 aliphatic rings. The molecule has 100 valence electrons. The largest absolute Gasteiger partial charge is 0.384 e. The van der Waals surface area contributed by atoms with Gasteiger partial charge in [0, 0.05) is 23.3 Å². The van der Waals surface area contributed by atoms with Gasteiger partial charge >= 0.3 is 0 Å². The number of rotatable bonds is 2. The van der Waals surface area contributed by atoms with E-state index in [9.17, 15) is 0 Å². The second-order valence-electron chi connectivity index (χ2n) is 5.55. The van der Waals surface area contributed by atoms with Crippen LogP contribution in [0.15, 0.2) is 12.1 Å². The number of hydrogen-bond donors (Lipinski definition) is 1. The number of nitrogens with zero attached hydrogens (tertiary/aromatic N) is 1. The summed E-state index contributed by atoms with van der Waals surface area (Å²) >= 11 is 0. The SMILES string of the molecule is CCNc1c2c(nc3c(C)c(C)ccc13)CCCC2. The van der Waals surface area contributed by atoms with Crippen LogP contribution >= 0.6 is 0 Å². The van der Waals surface area contributed by atoms with Gasteiger partial charge in [0.25, 0.3) is 0 Å². The molecular formula is C17H22N2. The second-order valence-corrected chi connectivity index (χ2v) is 5.55. The number of pyridine rings is 1. The standard InChI is InChI=1S/C17H22N2/c1-4-18-17-13-7-5-6-8-15(13)19-16-12(3)11(2)9-10-14(16)17/h9-10H,4-8H2,1-3H3,(H,18,19). The van der Waals surface area contributed by atoms with Gasteiger partial charge in [-0.1, -0.05) is 12.1 Å².